The van der Waals surface area contributed by atoms with Crippen molar-refractivity contribution >= 4 is 0 Å². The Hall–Kier alpha value is -1.04. The largest absolute Gasteiger partial charge is 0.382 e. The van der Waals surface area contributed by atoms with Crippen molar-refractivity contribution in [2.24, 2.45) is 0 Å². The van der Waals surface area contributed by atoms with E-state index in [4.69, 9.17) is 9.47 Å². The van der Waals surface area contributed by atoms with E-state index in [-0.39, 0.29) is 11.6 Å². The quantitative estimate of drug-likeness (QED) is 0.672. The maximum Gasteiger partial charge on any atom is 0.133 e. The lowest BCUT2D eigenvalue weighted by Crippen LogP contribution is -2.26. The molecule has 1 unspecified atom stereocenters. The lowest BCUT2D eigenvalue weighted by atomic mass is 10.00. The zero-order valence-corrected chi connectivity index (χ0v) is 13.0. The molecule has 0 aliphatic heterocycles. The first-order valence-electron chi connectivity index (χ1n) is 7.36. The molecule has 1 aromatic carbocycles. The number of aryl methyl sites for hydroxylation is 1. The summed E-state index contributed by atoms with van der Waals surface area (Å²) in [5.41, 5.74) is 0.564. The van der Waals surface area contributed by atoms with Gasteiger partial charge in [-0.05, 0) is 37.9 Å². The van der Waals surface area contributed by atoms with Crippen molar-refractivity contribution in [3.63, 3.8) is 0 Å². The highest BCUT2D eigenvalue weighted by Crippen LogP contribution is 2.25. The zero-order chi connectivity index (χ0) is 15.7. The Bertz CT molecular complexity index is 427. The molecular formula is C16H25F2NO2. The van der Waals surface area contributed by atoms with Crippen LogP contribution >= 0.6 is 0 Å². The molecule has 0 aliphatic carbocycles. The van der Waals surface area contributed by atoms with Crippen LogP contribution in [0, 0.1) is 18.6 Å². The van der Waals surface area contributed by atoms with Gasteiger partial charge in [-0.2, -0.15) is 0 Å². The molecule has 5 heteroatoms. The van der Waals surface area contributed by atoms with Gasteiger partial charge in [0.15, 0.2) is 0 Å². The average molecular weight is 301 g/mol. The standard InChI is InChI=1S/C16H25F2NO2/c1-4-8-19-14(7-9-21-11-10-20-3)15-13(17)6-5-12(2)16(15)18/h5-6,14,19H,4,7-11H2,1-3H3. The fourth-order valence-corrected chi connectivity index (χ4v) is 2.11. The van der Waals surface area contributed by atoms with Crippen LogP contribution in [0.15, 0.2) is 12.1 Å². The van der Waals surface area contributed by atoms with Crippen LogP contribution in [0.25, 0.3) is 0 Å². The Morgan fingerprint density at radius 3 is 2.62 bits per heavy atom. The summed E-state index contributed by atoms with van der Waals surface area (Å²) in [4.78, 5) is 0. The molecule has 0 saturated carbocycles. The summed E-state index contributed by atoms with van der Waals surface area (Å²) in [7, 11) is 1.60. The maximum atomic E-state index is 14.2. The van der Waals surface area contributed by atoms with Gasteiger partial charge in [0.25, 0.3) is 0 Å². The molecule has 1 N–H and O–H groups in total. The highest BCUT2D eigenvalue weighted by atomic mass is 19.1. The van der Waals surface area contributed by atoms with E-state index < -0.39 is 11.6 Å². The molecule has 1 atom stereocenters. The second-order valence-corrected chi connectivity index (χ2v) is 4.99. The first-order chi connectivity index (χ1) is 10.1. The zero-order valence-electron chi connectivity index (χ0n) is 13.0. The van der Waals surface area contributed by atoms with E-state index in [1.54, 1.807) is 14.0 Å². The van der Waals surface area contributed by atoms with Crippen molar-refractivity contribution < 1.29 is 18.3 Å². The van der Waals surface area contributed by atoms with E-state index in [1.807, 2.05) is 6.92 Å². The lowest BCUT2D eigenvalue weighted by Gasteiger charge is -2.21. The first kappa shape index (κ1) is 18.0. The van der Waals surface area contributed by atoms with Gasteiger partial charge < -0.3 is 14.8 Å². The minimum atomic E-state index is -0.511. The Labute approximate surface area is 125 Å². The maximum absolute atomic E-state index is 14.2. The third-order valence-corrected chi connectivity index (χ3v) is 3.29. The lowest BCUT2D eigenvalue weighted by molar-refractivity contribution is 0.0654. The number of ether oxygens (including phenoxy) is 2. The molecular weight excluding hydrogens is 276 g/mol. The van der Waals surface area contributed by atoms with Gasteiger partial charge in [-0.15, -0.1) is 0 Å². The molecule has 3 nitrogen and oxygen atoms in total. The molecule has 1 aromatic rings. The van der Waals surface area contributed by atoms with Gasteiger partial charge in [0, 0.05) is 25.3 Å². The molecule has 0 radical (unpaired) electrons. The van der Waals surface area contributed by atoms with E-state index >= 15 is 0 Å². The van der Waals surface area contributed by atoms with Gasteiger partial charge in [-0.3, -0.25) is 0 Å². The van der Waals surface area contributed by atoms with E-state index in [0.717, 1.165) is 6.42 Å². The van der Waals surface area contributed by atoms with Crippen LogP contribution in [-0.4, -0.2) is 33.5 Å². The van der Waals surface area contributed by atoms with Crippen molar-refractivity contribution in [3.8, 4) is 0 Å². The Kier molecular flexibility index (Phi) is 8.42. The molecule has 0 spiro atoms. The molecule has 21 heavy (non-hydrogen) atoms. The van der Waals surface area contributed by atoms with E-state index in [0.29, 0.717) is 38.3 Å². The SMILES string of the molecule is CCCNC(CCOCCOC)c1c(F)ccc(C)c1F. The van der Waals surface area contributed by atoms with Crippen LogP contribution in [0.3, 0.4) is 0 Å². The summed E-state index contributed by atoms with van der Waals surface area (Å²) in [6.45, 7) is 5.79. The summed E-state index contributed by atoms with van der Waals surface area (Å²) in [6, 6.07) is 2.40. The van der Waals surface area contributed by atoms with Gasteiger partial charge >= 0.3 is 0 Å². The molecule has 0 fully saturated rings. The van der Waals surface area contributed by atoms with Crippen LogP contribution in [0.4, 0.5) is 8.78 Å². The molecule has 0 heterocycles. The van der Waals surface area contributed by atoms with Gasteiger partial charge in [0.2, 0.25) is 0 Å². The van der Waals surface area contributed by atoms with E-state index in [1.165, 1.54) is 12.1 Å². The highest BCUT2D eigenvalue weighted by molar-refractivity contribution is 5.29. The third-order valence-electron chi connectivity index (χ3n) is 3.29. The topological polar surface area (TPSA) is 30.5 Å². The van der Waals surface area contributed by atoms with Crippen molar-refractivity contribution in [1.82, 2.24) is 5.32 Å². The second-order valence-electron chi connectivity index (χ2n) is 4.99. The molecule has 0 saturated heterocycles. The second kappa shape index (κ2) is 9.82. The van der Waals surface area contributed by atoms with Gasteiger partial charge in [-0.25, -0.2) is 8.78 Å². The van der Waals surface area contributed by atoms with Crippen molar-refractivity contribution in [2.45, 2.75) is 32.7 Å². The number of methoxy groups -OCH3 is 1. The number of rotatable bonds is 10. The van der Waals surface area contributed by atoms with Crippen molar-refractivity contribution in [3.05, 3.63) is 34.9 Å². The first-order valence-corrected chi connectivity index (χ1v) is 7.36. The minimum Gasteiger partial charge on any atom is -0.382 e. The van der Waals surface area contributed by atoms with Crippen LogP contribution < -0.4 is 5.32 Å². The van der Waals surface area contributed by atoms with Crippen LogP contribution in [0.5, 0.6) is 0 Å². The molecule has 120 valence electrons. The van der Waals surface area contributed by atoms with Gasteiger partial charge in [0.05, 0.1) is 13.2 Å². The highest BCUT2D eigenvalue weighted by Gasteiger charge is 2.20. The van der Waals surface area contributed by atoms with Crippen molar-refractivity contribution in [2.75, 3.05) is 33.5 Å². The number of benzene rings is 1. The molecule has 0 aromatic heterocycles. The number of halogens is 2. The summed E-state index contributed by atoms with van der Waals surface area (Å²) in [5.74, 6) is -0.982. The third kappa shape index (κ3) is 5.69. The molecule has 0 bridgehead atoms. The summed E-state index contributed by atoms with van der Waals surface area (Å²) < 4.78 is 38.5. The molecule has 0 aliphatic rings. The summed E-state index contributed by atoms with van der Waals surface area (Å²) in [6.07, 6.45) is 1.41. The van der Waals surface area contributed by atoms with Crippen LogP contribution in [0.2, 0.25) is 0 Å². The fraction of sp³-hybridized carbons (Fsp3) is 0.625. The molecule has 0 amide bonds. The Morgan fingerprint density at radius 1 is 1.19 bits per heavy atom. The van der Waals surface area contributed by atoms with Gasteiger partial charge in [0.1, 0.15) is 11.6 Å². The van der Waals surface area contributed by atoms with Crippen molar-refractivity contribution in [1.29, 1.82) is 0 Å². The van der Waals surface area contributed by atoms with Crippen LogP contribution in [-0.2, 0) is 9.47 Å². The van der Waals surface area contributed by atoms with E-state index in [9.17, 15) is 8.78 Å². The smallest absolute Gasteiger partial charge is 0.133 e. The Morgan fingerprint density at radius 2 is 1.95 bits per heavy atom. The summed E-state index contributed by atoms with van der Waals surface area (Å²) in [5, 5.41) is 3.19. The predicted molar refractivity (Wildman–Crippen MR) is 79.4 cm³/mol. The monoisotopic (exact) mass is 301 g/mol. The minimum absolute atomic E-state index is 0.110. The molecule has 1 rings (SSSR count). The number of nitrogens with one attached hydrogen (secondary N) is 1. The fourth-order valence-electron chi connectivity index (χ4n) is 2.11. The normalized spacial score (nSPS) is 12.6. The Balaban J connectivity index is 2.75. The van der Waals surface area contributed by atoms with Crippen LogP contribution in [0.1, 0.15) is 36.9 Å². The number of hydrogen-bond acceptors (Lipinski definition) is 3. The number of hydrogen-bond donors (Lipinski definition) is 1. The predicted octanol–water partition coefficient (Wildman–Crippen LogP) is 3.37. The van der Waals surface area contributed by atoms with E-state index in [2.05, 4.69) is 5.32 Å². The average Bonchev–Trinajstić information content (AvgIpc) is 2.48. The van der Waals surface area contributed by atoms with Gasteiger partial charge in [-0.1, -0.05) is 13.0 Å². The summed E-state index contributed by atoms with van der Waals surface area (Å²) >= 11 is 0.